The third-order valence-corrected chi connectivity index (χ3v) is 4.89. The van der Waals surface area contributed by atoms with Gasteiger partial charge in [0.05, 0.1) is 16.1 Å². The van der Waals surface area contributed by atoms with Gasteiger partial charge in [-0.2, -0.15) is 0 Å². The van der Waals surface area contributed by atoms with Crippen LogP contribution in [0.25, 0.3) is 0 Å². The smallest absolute Gasteiger partial charge is 0.147 e. The fourth-order valence-electron chi connectivity index (χ4n) is 2.07. The molecule has 0 fully saturated rings. The summed E-state index contributed by atoms with van der Waals surface area (Å²) >= 11 is 10.6. The average Bonchev–Trinajstić information content (AvgIpc) is 2.44. The van der Waals surface area contributed by atoms with Gasteiger partial charge in [0.25, 0.3) is 0 Å². The lowest BCUT2D eigenvalue weighted by Crippen LogP contribution is -2.18. The van der Waals surface area contributed by atoms with Gasteiger partial charge >= 0.3 is 0 Å². The van der Waals surface area contributed by atoms with Crippen molar-refractivity contribution in [2.45, 2.75) is 19.5 Å². The standard InChI is InChI=1S/C16H16Br3NO/c1-10(12-4-3-5-13(17)8-12)20-9-11-6-14(18)16(21-2)15(19)7-11/h3-8,10,20H,9H2,1-2H3. The Balaban J connectivity index is 2.06. The topological polar surface area (TPSA) is 21.3 Å². The first-order valence-corrected chi connectivity index (χ1v) is 8.90. The number of ether oxygens (including phenoxy) is 1. The van der Waals surface area contributed by atoms with E-state index in [1.54, 1.807) is 7.11 Å². The van der Waals surface area contributed by atoms with Crippen LogP contribution in [0.5, 0.6) is 5.75 Å². The van der Waals surface area contributed by atoms with Crippen molar-refractivity contribution in [3.63, 3.8) is 0 Å². The largest absolute Gasteiger partial charge is 0.494 e. The van der Waals surface area contributed by atoms with E-state index in [0.717, 1.165) is 25.7 Å². The highest BCUT2D eigenvalue weighted by Crippen LogP contribution is 2.34. The Hall–Kier alpha value is -0.360. The summed E-state index contributed by atoms with van der Waals surface area (Å²) in [7, 11) is 1.66. The van der Waals surface area contributed by atoms with Gasteiger partial charge in [0.15, 0.2) is 0 Å². The zero-order valence-electron chi connectivity index (χ0n) is 11.8. The average molecular weight is 478 g/mol. The minimum Gasteiger partial charge on any atom is -0.494 e. The Kier molecular flexibility index (Phi) is 6.29. The molecule has 2 rings (SSSR count). The summed E-state index contributed by atoms with van der Waals surface area (Å²) < 4.78 is 8.32. The monoisotopic (exact) mass is 475 g/mol. The predicted octanol–water partition coefficient (Wildman–Crippen LogP) is 5.83. The van der Waals surface area contributed by atoms with E-state index < -0.39 is 0 Å². The molecule has 21 heavy (non-hydrogen) atoms. The van der Waals surface area contributed by atoms with Crippen LogP contribution in [0, 0.1) is 0 Å². The van der Waals surface area contributed by atoms with E-state index in [1.807, 2.05) is 6.07 Å². The Bertz CT molecular complexity index is 608. The first kappa shape index (κ1) is 17.0. The molecular weight excluding hydrogens is 462 g/mol. The van der Waals surface area contributed by atoms with Crippen LogP contribution in [0.3, 0.4) is 0 Å². The number of nitrogens with one attached hydrogen (secondary N) is 1. The van der Waals surface area contributed by atoms with Crippen LogP contribution in [-0.2, 0) is 6.54 Å². The second-order valence-electron chi connectivity index (χ2n) is 4.75. The van der Waals surface area contributed by atoms with Gasteiger partial charge in [-0.3, -0.25) is 0 Å². The van der Waals surface area contributed by atoms with Crippen molar-refractivity contribution >= 4 is 47.8 Å². The maximum Gasteiger partial charge on any atom is 0.147 e. The molecular formula is C16H16Br3NO. The molecule has 2 aromatic carbocycles. The van der Waals surface area contributed by atoms with Crippen LogP contribution >= 0.6 is 47.8 Å². The highest BCUT2D eigenvalue weighted by Gasteiger charge is 2.09. The first-order chi connectivity index (χ1) is 10.0. The molecule has 0 aliphatic carbocycles. The van der Waals surface area contributed by atoms with E-state index in [-0.39, 0.29) is 6.04 Å². The minimum absolute atomic E-state index is 0.280. The number of benzene rings is 2. The van der Waals surface area contributed by atoms with E-state index in [2.05, 4.69) is 90.4 Å². The molecule has 5 heteroatoms. The molecule has 0 spiro atoms. The van der Waals surface area contributed by atoms with Gasteiger partial charge in [0.1, 0.15) is 5.75 Å². The Morgan fingerprint density at radius 1 is 1.10 bits per heavy atom. The summed E-state index contributed by atoms with van der Waals surface area (Å²) in [5, 5.41) is 3.53. The normalized spacial score (nSPS) is 12.2. The highest BCUT2D eigenvalue weighted by atomic mass is 79.9. The zero-order chi connectivity index (χ0) is 15.4. The summed E-state index contributed by atoms with van der Waals surface area (Å²) in [4.78, 5) is 0. The second kappa shape index (κ2) is 7.77. The molecule has 0 bridgehead atoms. The van der Waals surface area contributed by atoms with E-state index in [1.165, 1.54) is 11.1 Å². The van der Waals surface area contributed by atoms with Crippen LogP contribution in [0.1, 0.15) is 24.1 Å². The van der Waals surface area contributed by atoms with Gasteiger partial charge in [-0.15, -0.1) is 0 Å². The van der Waals surface area contributed by atoms with Crippen LogP contribution in [0.4, 0.5) is 0 Å². The number of methoxy groups -OCH3 is 1. The van der Waals surface area contributed by atoms with Crippen molar-refractivity contribution in [2.24, 2.45) is 0 Å². The fourth-order valence-corrected chi connectivity index (χ4v) is 4.10. The Morgan fingerprint density at radius 2 is 1.76 bits per heavy atom. The van der Waals surface area contributed by atoms with Crippen LogP contribution in [-0.4, -0.2) is 7.11 Å². The minimum atomic E-state index is 0.280. The SMILES string of the molecule is COc1c(Br)cc(CNC(C)c2cccc(Br)c2)cc1Br. The van der Waals surface area contributed by atoms with Crippen molar-refractivity contribution in [2.75, 3.05) is 7.11 Å². The van der Waals surface area contributed by atoms with E-state index in [0.29, 0.717) is 0 Å². The third-order valence-electron chi connectivity index (χ3n) is 3.22. The molecule has 0 heterocycles. The number of hydrogen-bond acceptors (Lipinski definition) is 2. The molecule has 0 saturated carbocycles. The maximum absolute atomic E-state index is 5.32. The van der Waals surface area contributed by atoms with Crippen molar-refractivity contribution < 1.29 is 4.74 Å². The fraction of sp³-hybridized carbons (Fsp3) is 0.250. The number of rotatable bonds is 5. The molecule has 2 nitrogen and oxygen atoms in total. The number of halogens is 3. The summed E-state index contributed by atoms with van der Waals surface area (Å²) in [6.07, 6.45) is 0. The van der Waals surface area contributed by atoms with Gasteiger partial charge in [-0.25, -0.2) is 0 Å². The van der Waals surface area contributed by atoms with E-state index in [9.17, 15) is 0 Å². The molecule has 1 unspecified atom stereocenters. The number of hydrogen-bond donors (Lipinski definition) is 1. The third kappa shape index (κ3) is 4.55. The molecule has 0 aliphatic heterocycles. The lowest BCUT2D eigenvalue weighted by Gasteiger charge is -2.16. The Morgan fingerprint density at radius 3 is 2.33 bits per heavy atom. The molecule has 0 saturated heterocycles. The molecule has 112 valence electrons. The first-order valence-electron chi connectivity index (χ1n) is 6.52. The zero-order valence-corrected chi connectivity index (χ0v) is 16.5. The second-order valence-corrected chi connectivity index (χ2v) is 7.37. The summed E-state index contributed by atoms with van der Waals surface area (Å²) in [5.74, 6) is 0.818. The van der Waals surface area contributed by atoms with Gasteiger partial charge in [0, 0.05) is 17.1 Å². The lowest BCUT2D eigenvalue weighted by atomic mass is 10.1. The van der Waals surface area contributed by atoms with Crippen LogP contribution in [0.2, 0.25) is 0 Å². The van der Waals surface area contributed by atoms with Gasteiger partial charge in [-0.05, 0) is 74.2 Å². The van der Waals surface area contributed by atoms with Crippen molar-refractivity contribution in [1.29, 1.82) is 0 Å². The molecule has 2 aromatic rings. The predicted molar refractivity (Wildman–Crippen MR) is 97.8 cm³/mol. The van der Waals surface area contributed by atoms with Gasteiger partial charge in [0.2, 0.25) is 0 Å². The molecule has 0 aliphatic rings. The summed E-state index contributed by atoms with van der Waals surface area (Å²) in [6.45, 7) is 2.95. The van der Waals surface area contributed by atoms with Crippen LogP contribution in [0.15, 0.2) is 49.8 Å². The van der Waals surface area contributed by atoms with Gasteiger partial charge in [-0.1, -0.05) is 28.1 Å². The molecule has 0 radical (unpaired) electrons. The molecule has 1 atom stereocenters. The van der Waals surface area contributed by atoms with E-state index >= 15 is 0 Å². The van der Waals surface area contributed by atoms with Crippen molar-refractivity contribution in [3.8, 4) is 5.75 Å². The summed E-state index contributed by atoms with van der Waals surface area (Å²) in [5.41, 5.74) is 2.45. The molecule has 0 amide bonds. The Labute approximate surface area is 150 Å². The van der Waals surface area contributed by atoms with Gasteiger partial charge < -0.3 is 10.1 Å². The molecule has 1 N–H and O–H groups in total. The highest BCUT2D eigenvalue weighted by molar-refractivity contribution is 9.11. The molecule has 0 aromatic heterocycles. The van der Waals surface area contributed by atoms with E-state index in [4.69, 9.17) is 4.74 Å². The summed E-state index contributed by atoms with van der Waals surface area (Å²) in [6, 6.07) is 12.8. The quantitative estimate of drug-likeness (QED) is 0.584. The van der Waals surface area contributed by atoms with Crippen LogP contribution < -0.4 is 10.1 Å². The van der Waals surface area contributed by atoms with Crippen molar-refractivity contribution in [3.05, 3.63) is 60.9 Å². The van der Waals surface area contributed by atoms with Crippen molar-refractivity contribution in [1.82, 2.24) is 5.32 Å². The lowest BCUT2D eigenvalue weighted by molar-refractivity contribution is 0.409. The maximum atomic E-state index is 5.32.